The van der Waals surface area contributed by atoms with Gasteiger partial charge in [-0.1, -0.05) is 56.5 Å². The molecule has 1 fully saturated rings. The lowest BCUT2D eigenvalue weighted by molar-refractivity contribution is 0.304. The van der Waals surface area contributed by atoms with Crippen molar-refractivity contribution in [1.29, 1.82) is 0 Å². The Morgan fingerprint density at radius 1 is 0.897 bits per heavy atom. The van der Waals surface area contributed by atoms with Gasteiger partial charge in [0, 0.05) is 0 Å². The number of fused-ring (bicyclic) bond motifs is 1. The van der Waals surface area contributed by atoms with E-state index in [1.165, 1.54) is 50.5 Å². The first-order valence-electron chi connectivity index (χ1n) is 11.0. The lowest BCUT2D eigenvalue weighted by Gasteiger charge is -2.29. The highest BCUT2D eigenvalue weighted by atomic mass is 19.2. The summed E-state index contributed by atoms with van der Waals surface area (Å²) in [5, 5.41) is 0. The van der Waals surface area contributed by atoms with Crippen LogP contribution in [0.2, 0.25) is 0 Å². The summed E-state index contributed by atoms with van der Waals surface area (Å²) in [6.07, 6.45) is 12.1. The number of rotatable bonds is 5. The van der Waals surface area contributed by atoms with Crippen LogP contribution in [0.25, 0.3) is 11.6 Å². The quantitative estimate of drug-likeness (QED) is 0.447. The maximum absolute atomic E-state index is 14.0. The second-order valence-corrected chi connectivity index (χ2v) is 8.71. The third kappa shape index (κ3) is 4.29. The van der Waals surface area contributed by atoms with E-state index in [1.54, 1.807) is 6.08 Å². The molecular formula is C26H29F3. The molecule has 3 heteroatoms. The second-order valence-electron chi connectivity index (χ2n) is 8.71. The molecule has 0 aliphatic heterocycles. The molecule has 1 saturated carbocycles. The minimum Gasteiger partial charge on any atom is -0.204 e. The van der Waals surface area contributed by atoms with Crippen molar-refractivity contribution in [2.75, 3.05) is 0 Å². The summed E-state index contributed by atoms with van der Waals surface area (Å²) >= 11 is 0. The van der Waals surface area contributed by atoms with Crippen LogP contribution in [0.1, 0.15) is 86.5 Å². The zero-order valence-corrected chi connectivity index (χ0v) is 17.1. The van der Waals surface area contributed by atoms with Gasteiger partial charge in [0.1, 0.15) is 0 Å². The number of hydrogen-bond acceptors (Lipinski definition) is 0. The Balaban J connectivity index is 1.46. The van der Waals surface area contributed by atoms with Gasteiger partial charge in [-0.15, -0.1) is 0 Å². The maximum atomic E-state index is 14.0. The SMILES string of the molecule is CCCCC1CCC(c2ccc(C3=Cc4cc(F)c(F)c(F)c4CC3)cc2)CC1. The fourth-order valence-corrected chi connectivity index (χ4v) is 5.03. The van der Waals surface area contributed by atoms with Gasteiger partial charge in [-0.2, -0.15) is 0 Å². The smallest absolute Gasteiger partial charge is 0.194 e. The molecule has 0 nitrogen and oxygen atoms in total. The van der Waals surface area contributed by atoms with Gasteiger partial charge < -0.3 is 0 Å². The highest BCUT2D eigenvalue weighted by molar-refractivity contribution is 5.84. The van der Waals surface area contributed by atoms with Gasteiger partial charge in [0.15, 0.2) is 17.5 Å². The van der Waals surface area contributed by atoms with Crippen molar-refractivity contribution < 1.29 is 13.2 Å². The van der Waals surface area contributed by atoms with Crippen LogP contribution in [0.15, 0.2) is 30.3 Å². The van der Waals surface area contributed by atoms with Gasteiger partial charge in [0.25, 0.3) is 0 Å². The molecule has 154 valence electrons. The molecular weight excluding hydrogens is 369 g/mol. The average molecular weight is 399 g/mol. The van der Waals surface area contributed by atoms with Crippen molar-refractivity contribution in [2.45, 2.75) is 70.6 Å². The third-order valence-corrected chi connectivity index (χ3v) is 6.84. The predicted molar refractivity (Wildman–Crippen MR) is 113 cm³/mol. The van der Waals surface area contributed by atoms with Crippen molar-refractivity contribution in [3.8, 4) is 0 Å². The Hall–Kier alpha value is -2.03. The lowest BCUT2D eigenvalue weighted by Crippen LogP contribution is -2.13. The number of benzene rings is 2. The molecule has 2 aromatic carbocycles. The summed E-state index contributed by atoms with van der Waals surface area (Å²) in [5.74, 6) is -1.98. The summed E-state index contributed by atoms with van der Waals surface area (Å²) in [6.45, 7) is 2.26. The average Bonchev–Trinajstić information content (AvgIpc) is 2.76. The van der Waals surface area contributed by atoms with E-state index in [1.807, 2.05) is 0 Å². The molecule has 0 spiro atoms. The Morgan fingerprint density at radius 3 is 2.31 bits per heavy atom. The number of allylic oxidation sites excluding steroid dienone is 1. The molecule has 2 aromatic rings. The highest BCUT2D eigenvalue weighted by Crippen LogP contribution is 2.39. The van der Waals surface area contributed by atoms with E-state index in [2.05, 4.69) is 31.2 Å². The number of halogens is 3. The molecule has 0 atom stereocenters. The molecule has 0 radical (unpaired) electrons. The highest BCUT2D eigenvalue weighted by Gasteiger charge is 2.23. The minimum atomic E-state index is -1.37. The third-order valence-electron chi connectivity index (χ3n) is 6.84. The van der Waals surface area contributed by atoms with Crippen molar-refractivity contribution >= 4 is 11.6 Å². The number of unbranched alkanes of at least 4 members (excludes halogenated alkanes) is 1. The van der Waals surface area contributed by atoms with Gasteiger partial charge in [-0.3, -0.25) is 0 Å². The molecule has 2 aliphatic carbocycles. The maximum Gasteiger partial charge on any atom is 0.194 e. The molecule has 0 N–H and O–H groups in total. The first kappa shape index (κ1) is 20.3. The normalized spacial score (nSPS) is 21.6. The van der Waals surface area contributed by atoms with Gasteiger partial charge in [-0.05, 0) is 84.3 Å². The monoisotopic (exact) mass is 398 g/mol. The molecule has 0 saturated heterocycles. The van der Waals surface area contributed by atoms with E-state index in [9.17, 15) is 13.2 Å². The van der Waals surface area contributed by atoms with Gasteiger partial charge in [0.05, 0.1) is 0 Å². The molecule has 2 aliphatic rings. The molecule has 0 heterocycles. The molecule has 29 heavy (non-hydrogen) atoms. The van der Waals surface area contributed by atoms with Crippen molar-refractivity contribution in [3.63, 3.8) is 0 Å². The predicted octanol–water partition coefficient (Wildman–Crippen LogP) is 8.05. The lowest BCUT2D eigenvalue weighted by atomic mass is 9.77. The van der Waals surface area contributed by atoms with Crippen molar-refractivity contribution in [3.05, 3.63) is 70.0 Å². The summed E-state index contributed by atoms with van der Waals surface area (Å²) in [6, 6.07) is 9.80. The van der Waals surface area contributed by atoms with Crippen LogP contribution >= 0.6 is 0 Å². The van der Waals surface area contributed by atoms with Crippen molar-refractivity contribution in [1.82, 2.24) is 0 Å². The Bertz CT molecular complexity index is 887. The van der Waals surface area contributed by atoms with Crippen LogP contribution in [0.4, 0.5) is 13.2 Å². The van der Waals surface area contributed by atoms with E-state index in [0.29, 0.717) is 24.3 Å². The Kier molecular flexibility index (Phi) is 6.12. The molecule has 0 amide bonds. The fraction of sp³-hybridized carbons (Fsp3) is 0.462. The zero-order chi connectivity index (χ0) is 20.4. The van der Waals surface area contributed by atoms with Crippen LogP contribution in [0.3, 0.4) is 0 Å². The summed E-state index contributed by atoms with van der Waals surface area (Å²) in [5.41, 5.74) is 4.28. The topological polar surface area (TPSA) is 0 Å². The molecule has 0 bridgehead atoms. The molecule has 0 aromatic heterocycles. The van der Waals surface area contributed by atoms with Crippen LogP contribution in [-0.2, 0) is 6.42 Å². The van der Waals surface area contributed by atoms with Crippen LogP contribution in [-0.4, -0.2) is 0 Å². The van der Waals surface area contributed by atoms with Crippen LogP contribution < -0.4 is 0 Å². The summed E-state index contributed by atoms with van der Waals surface area (Å²) in [7, 11) is 0. The standard InChI is InChI=1S/C26H29F3/c1-2-3-4-17-5-7-18(8-6-17)19-9-11-20(12-10-19)21-13-14-23-22(15-21)16-24(27)26(29)25(23)28/h9-12,15-18H,2-8,13-14H2,1H3. The Morgan fingerprint density at radius 2 is 1.62 bits per heavy atom. The summed E-state index contributed by atoms with van der Waals surface area (Å²) in [4.78, 5) is 0. The van der Waals surface area contributed by atoms with E-state index in [-0.39, 0.29) is 5.56 Å². The molecule has 4 rings (SSSR count). The second kappa shape index (κ2) is 8.77. The minimum absolute atomic E-state index is 0.282. The zero-order valence-electron chi connectivity index (χ0n) is 17.1. The van der Waals surface area contributed by atoms with E-state index in [0.717, 1.165) is 23.1 Å². The number of hydrogen-bond donors (Lipinski definition) is 0. The van der Waals surface area contributed by atoms with Crippen LogP contribution in [0, 0.1) is 23.4 Å². The van der Waals surface area contributed by atoms with Gasteiger partial charge >= 0.3 is 0 Å². The summed E-state index contributed by atoms with van der Waals surface area (Å²) < 4.78 is 41.1. The Labute approximate surface area is 171 Å². The first-order valence-corrected chi connectivity index (χ1v) is 11.0. The van der Waals surface area contributed by atoms with E-state index >= 15 is 0 Å². The van der Waals surface area contributed by atoms with E-state index < -0.39 is 17.5 Å². The molecule has 0 unspecified atom stereocenters. The fourth-order valence-electron chi connectivity index (χ4n) is 5.03. The van der Waals surface area contributed by atoms with Crippen molar-refractivity contribution in [2.24, 2.45) is 5.92 Å². The van der Waals surface area contributed by atoms with Crippen LogP contribution in [0.5, 0.6) is 0 Å². The van der Waals surface area contributed by atoms with E-state index in [4.69, 9.17) is 0 Å². The largest absolute Gasteiger partial charge is 0.204 e. The van der Waals surface area contributed by atoms with Gasteiger partial charge in [0.2, 0.25) is 0 Å². The first-order chi connectivity index (χ1) is 14.1. The van der Waals surface area contributed by atoms with Gasteiger partial charge in [-0.25, -0.2) is 13.2 Å².